The SMILES string of the molecule is Fc1c(F)c(F)c([Si](Cl)(c2c(F)c(F)c(F)c(F)c2F)c2c(F)c(F)c(F)c(F)c2F)c(F)c1F. The average Bonchev–Trinajstić information content (AvgIpc) is 2.81. The van der Waals surface area contributed by atoms with Gasteiger partial charge in [-0.1, -0.05) is 0 Å². The smallest absolute Gasteiger partial charge is 0.204 e. The molecular formula is C18ClF15Si. The van der Waals surface area contributed by atoms with Crippen LogP contribution in [0.3, 0.4) is 0 Å². The molecule has 0 aliphatic rings. The van der Waals surface area contributed by atoms with E-state index in [1.807, 2.05) is 0 Å². The van der Waals surface area contributed by atoms with Crippen molar-refractivity contribution in [1.29, 1.82) is 0 Å². The fourth-order valence-electron chi connectivity index (χ4n) is 3.10. The monoisotopic (exact) mass is 564 g/mol. The van der Waals surface area contributed by atoms with E-state index in [4.69, 9.17) is 11.1 Å². The molecule has 3 aromatic rings. The van der Waals surface area contributed by atoms with Crippen LogP contribution in [0.2, 0.25) is 0 Å². The van der Waals surface area contributed by atoms with Crippen molar-refractivity contribution in [1.82, 2.24) is 0 Å². The summed E-state index contributed by atoms with van der Waals surface area (Å²) in [6.07, 6.45) is 0. The van der Waals surface area contributed by atoms with Gasteiger partial charge in [0.15, 0.2) is 69.8 Å². The fourth-order valence-corrected chi connectivity index (χ4v) is 7.81. The minimum atomic E-state index is -7.12. The Balaban J connectivity index is 2.78. The van der Waals surface area contributed by atoms with Gasteiger partial charge >= 0.3 is 0 Å². The highest BCUT2D eigenvalue weighted by molar-refractivity contribution is 7.40. The lowest BCUT2D eigenvalue weighted by atomic mass is 10.3. The van der Waals surface area contributed by atoms with Crippen LogP contribution in [-0.4, -0.2) is 7.38 Å². The summed E-state index contributed by atoms with van der Waals surface area (Å²) in [5, 5.41) is -8.37. The van der Waals surface area contributed by atoms with Crippen molar-refractivity contribution in [2.24, 2.45) is 0 Å². The molecule has 3 aromatic carbocycles. The van der Waals surface area contributed by atoms with Gasteiger partial charge in [0.05, 0.1) is 0 Å². The molecule has 0 atom stereocenters. The lowest BCUT2D eigenvalue weighted by Gasteiger charge is -2.29. The van der Waals surface area contributed by atoms with Crippen LogP contribution in [0.4, 0.5) is 65.9 Å². The second-order valence-electron chi connectivity index (χ2n) is 6.49. The molecule has 0 aliphatic heterocycles. The van der Waals surface area contributed by atoms with Gasteiger partial charge in [0, 0.05) is 15.6 Å². The molecule has 0 aliphatic carbocycles. The van der Waals surface area contributed by atoms with Gasteiger partial charge in [-0.25, -0.2) is 65.9 Å². The Kier molecular flexibility index (Phi) is 6.60. The van der Waals surface area contributed by atoms with Gasteiger partial charge in [0.2, 0.25) is 17.5 Å². The molecule has 0 bridgehead atoms. The van der Waals surface area contributed by atoms with Crippen LogP contribution in [-0.2, 0) is 0 Å². The third-order valence-corrected chi connectivity index (χ3v) is 9.75. The van der Waals surface area contributed by atoms with E-state index in [2.05, 4.69) is 0 Å². The minimum absolute atomic E-state index is 2.79. The number of halogens is 16. The van der Waals surface area contributed by atoms with Crippen LogP contribution in [0.5, 0.6) is 0 Å². The van der Waals surface area contributed by atoms with E-state index in [0.29, 0.717) is 0 Å². The van der Waals surface area contributed by atoms with Crippen molar-refractivity contribution in [2.45, 2.75) is 0 Å². The van der Waals surface area contributed by atoms with Gasteiger partial charge in [0.25, 0.3) is 7.38 Å². The van der Waals surface area contributed by atoms with Gasteiger partial charge in [-0.05, 0) is 0 Å². The molecule has 0 N–H and O–H groups in total. The zero-order valence-electron chi connectivity index (χ0n) is 15.5. The zero-order chi connectivity index (χ0) is 26.9. The molecule has 0 radical (unpaired) electrons. The van der Waals surface area contributed by atoms with Crippen LogP contribution in [0.15, 0.2) is 0 Å². The Bertz CT molecular complexity index is 1170. The molecule has 0 aromatic heterocycles. The lowest BCUT2D eigenvalue weighted by molar-refractivity contribution is 0.380. The number of rotatable bonds is 3. The maximum atomic E-state index is 14.6. The van der Waals surface area contributed by atoms with Gasteiger partial charge in [0.1, 0.15) is 0 Å². The summed E-state index contributed by atoms with van der Waals surface area (Å²) >= 11 is 5.67. The van der Waals surface area contributed by atoms with Crippen LogP contribution >= 0.6 is 11.1 Å². The standard InChI is InChI=1S/C18ClF15Si/c19-35(16-10(29)4(23)1(20)5(24)11(16)30,17-12(31)6(25)2(21)7(26)13(17)32)18-14(33)8(27)3(22)9(28)15(18)34. The molecule has 0 spiro atoms. The molecule has 0 saturated carbocycles. The Hall–Kier alpha value is -2.88. The predicted molar refractivity (Wildman–Crippen MR) is 89.2 cm³/mol. The first kappa shape index (κ1) is 26.7. The van der Waals surface area contributed by atoms with E-state index < -0.39 is 110 Å². The van der Waals surface area contributed by atoms with E-state index >= 15 is 0 Å². The van der Waals surface area contributed by atoms with E-state index in [-0.39, 0.29) is 0 Å². The summed E-state index contributed by atoms with van der Waals surface area (Å²) in [7, 11) is -7.12. The Labute approximate surface area is 187 Å². The van der Waals surface area contributed by atoms with E-state index in [9.17, 15) is 65.9 Å². The summed E-state index contributed by atoms with van der Waals surface area (Å²) in [6.45, 7) is 0. The van der Waals surface area contributed by atoms with Gasteiger partial charge in [-0.15, -0.1) is 11.1 Å². The van der Waals surface area contributed by atoms with Crippen molar-refractivity contribution in [3.05, 3.63) is 87.3 Å². The molecule has 17 heteroatoms. The highest BCUT2D eigenvalue weighted by Gasteiger charge is 2.55. The first-order chi connectivity index (χ1) is 16.0. The second kappa shape index (κ2) is 8.65. The van der Waals surface area contributed by atoms with Crippen molar-refractivity contribution >= 4 is 34.0 Å². The van der Waals surface area contributed by atoms with Crippen molar-refractivity contribution < 1.29 is 65.9 Å². The van der Waals surface area contributed by atoms with E-state index in [1.54, 1.807) is 0 Å². The Morgan fingerprint density at radius 1 is 0.257 bits per heavy atom. The van der Waals surface area contributed by atoms with Crippen molar-refractivity contribution in [3.8, 4) is 0 Å². The maximum absolute atomic E-state index is 14.6. The van der Waals surface area contributed by atoms with Crippen molar-refractivity contribution in [2.75, 3.05) is 0 Å². The quantitative estimate of drug-likeness (QED) is 0.105. The normalized spacial score (nSPS) is 12.0. The maximum Gasteiger partial charge on any atom is 0.266 e. The molecule has 0 nitrogen and oxygen atoms in total. The molecule has 0 saturated heterocycles. The zero-order valence-corrected chi connectivity index (χ0v) is 17.3. The summed E-state index contributed by atoms with van der Waals surface area (Å²) in [4.78, 5) is 0. The number of hydrogen-bond donors (Lipinski definition) is 0. The lowest BCUT2D eigenvalue weighted by Crippen LogP contribution is -2.69. The fraction of sp³-hybridized carbons (Fsp3) is 0. The summed E-state index contributed by atoms with van der Waals surface area (Å²) < 4.78 is 211. The molecule has 0 amide bonds. The first-order valence-electron chi connectivity index (χ1n) is 8.27. The third-order valence-electron chi connectivity index (χ3n) is 4.66. The van der Waals surface area contributed by atoms with Crippen LogP contribution in [0, 0.1) is 87.3 Å². The van der Waals surface area contributed by atoms with Crippen LogP contribution in [0.25, 0.3) is 0 Å². The largest absolute Gasteiger partial charge is 0.266 e. The Morgan fingerprint density at radius 3 is 0.514 bits per heavy atom. The molecule has 188 valence electrons. The highest BCUT2D eigenvalue weighted by atomic mass is 35.6. The number of benzene rings is 3. The van der Waals surface area contributed by atoms with Gasteiger partial charge < -0.3 is 0 Å². The van der Waals surface area contributed by atoms with E-state index in [1.165, 1.54) is 0 Å². The minimum Gasteiger partial charge on any atom is -0.204 e. The summed E-state index contributed by atoms with van der Waals surface area (Å²) in [5.74, 6) is -46.2. The molecular weight excluding hydrogens is 565 g/mol. The van der Waals surface area contributed by atoms with Crippen molar-refractivity contribution in [3.63, 3.8) is 0 Å². The third kappa shape index (κ3) is 3.48. The number of hydrogen-bond acceptors (Lipinski definition) is 0. The molecule has 0 heterocycles. The molecule has 35 heavy (non-hydrogen) atoms. The van der Waals surface area contributed by atoms with E-state index in [0.717, 1.165) is 0 Å². The second-order valence-corrected chi connectivity index (χ2v) is 11.0. The van der Waals surface area contributed by atoms with Gasteiger partial charge in [-0.2, -0.15) is 0 Å². The Morgan fingerprint density at radius 2 is 0.371 bits per heavy atom. The van der Waals surface area contributed by atoms with Crippen LogP contribution in [0.1, 0.15) is 0 Å². The van der Waals surface area contributed by atoms with Gasteiger partial charge in [-0.3, -0.25) is 0 Å². The molecule has 3 rings (SSSR count). The van der Waals surface area contributed by atoms with Crippen LogP contribution < -0.4 is 15.6 Å². The molecule has 0 fully saturated rings. The highest BCUT2D eigenvalue weighted by Crippen LogP contribution is 2.29. The average molecular weight is 565 g/mol. The summed E-state index contributed by atoms with van der Waals surface area (Å²) in [5.41, 5.74) is 0. The molecule has 0 unspecified atom stereocenters. The topological polar surface area (TPSA) is 0 Å². The first-order valence-corrected chi connectivity index (χ1v) is 11.3. The summed E-state index contributed by atoms with van der Waals surface area (Å²) in [6, 6.07) is 0. The predicted octanol–water partition coefficient (Wildman–Crippen LogP) is 4.98.